The molecule has 0 rings (SSSR count). The molecule has 2 nitrogen and oxygen atoms in total. The Hall–Kier alpha value is -0.0800. The van der Waals surface area contributed by atoms with Crippen molar-refractivity contribution in [3.8, 4) is 0 Å². The molecule has 0 heterocycles. The molecule has 88 valence electrons. The van der Waals surface area contributed by atoms with Gasteiger partial charge < -0.3 is 9.64 Å². The summed E-state index contributed by atoms with van der Waals surface area (Å²) in [5.74, 6) is 0.758. The standard InChI is InChI=1S/C10H23NO.C2H6/c1-5-11(4)7-9-12-8-6-10(2)3;1-2/h10H,5-9H2,1-4H3;1-2H3. The Morgan fingerprint density at radius 1 is 1.14 bits per heavy atom. The summed E-state index contributed by atoms with van der Waals surface area (Å²) in [6, 6.07) is 0. The summed E-state index contributed by atoms with van der Waals surface area (Å²) in [6.45, 7) is 14.5. The summed E-state index contributed by atoms with van der Waals surface area (Å²) < 4.78 is 5.48. The van der Waals surface area contributed by atoms with Crippen molar-refractivity contribution in [3.05, 3.63) is 0 Å². The molecule has 0 saturated heterocycles. The quantitative estimate of drug-likeness (QED) is 0.590. The molecule has 0 aromatic rings. The lowest BCUT2D eigenvalue weighted by Crippen LogP contribution is -2.22. The molecule has 0 aliphatic heterocycles. The van der Waals surface area contributed by atoms with Gasteiger partial charge in [0.05, 0.1) is 6.61 Å². The van der Waals surface area contributed by atoms with Gasteiger partial charge >= 0.3 is 0 Å². The summed E-state index contributed by atoms with van der Waals surface area (Å²) in [5, 5.41) is 0. The van der Waals surface area contributed by atoms with Gasteiger partial charge in [-0.15, -0.1) is 0 Å². The van der Waals surface area contributed by atoms with Gasteiger partial charge in [0.25, 0.3) is 0 Å². The van der Waals surface area contributed by atoms with E-state index in [0.29, 0.717) is 0 Å². The normalized spacial score (nSPS) is 10.3. The molecule has 0 aliphatic rings. The van der Waals surface area contributed by atoms with Crippen molar-refractivity contribution in [2.75, 3.05) is 33.4 Å². The maximum Gasteiger partial charge on any atom is 0.0593 e. The predicted molar refractivity (Wildman–Crippen MR) is 64.8 cm³/mol. The second-order valence-electron chi connectivity index (χ2n) is 3.69. The topological polar surface area (TPSA) is 12.5 Å². The van der Waals surface area contributed by atoms with Crippen LogP contribution in [0.4, 0.5) is 0 Å². The van der Waals surface area contributed by atoms with Crippen molar-refractivity contribution >= 4 is 0 Å². The highest BCUT2D eigenvalue weighted by Crippen LogP contribution is 1.98. The molecule has 0 aromatic carbocycles. The van der Waals surface area contributed by atoms with E-state index in [1.807, 2.05) is 13.8 Å². The summed E-state index contributed by atoms with van der Waals surface area (Å²) in [5.41, 5.74) is 0. The fourth-order valence-electron chi connectivity index (χ4n) is 0.800. The van der Waals surface area contributed by atoms with Crippen LogP contribution in [-0.4, -0.2) is 38.3 Å². The van der Waals surface area contributed by atoms with Gasteiger partial charge in [0, 0.05) is 13.2 Å². The number of hydrogen-bond donors (Lipinski definition) is 0. The van der Waals surface area contributed by atoms with Gasteiger partial charge in [-0.1, -0.05) is 34.6 Å². The van der Waals surface area contributed by atoms with Crippen LogP contribution in [-0.2, 0) is 4.74 Å². The third kappa shape index (κ3) is 14.4. The highest BCUT2D eigenvalue weighted by molar-refractivity contribution is 4.46. The molecule has 0 aliphatic carbocycles. The van der Waals surface area contributed by atoms with Crippen molar-refractivity contribution in [3.63, 3.8) is 0 Å². The maximum atomic E-state index is 5.48. The Kier molecular flexibility index (Phi) is 15.1. The first-order chi connectivity index (χ1) is 6.66. The predicted octanol–water partition coefficient (Wildman–Crippen LogP) is 3.03. The molecule has 0 atom stereocenters. The smallest absolute Gasteiger partial charge is 0.0593 e. The number of rotatable bonds is 7. The molecule has 0 bridgehead atoms. The van der Waals surface area contributed by atoms with E-state index in [2.05, 4.69) is 32.7 Å². The molecule has 0 spiro atoms. The minimum atomic E-state index is 0.758. The van der Waals surface area contributed by atoms with Gasteiger partial charge in [-0.3, -0.25) is 0 Å². The van der Waals surface area contributed by atoms with Gasteiger partial charge in [0.1, 0.15) is 0 Å². The second-order valence-corrected chi connectivity index (χ2v) is 3.69. The van der Waals surface area contributed by atoms with Gasteiger partial charge in [-0.05, 0) is 25.9 Å². The largest absolute Gasteiger partial charge is 0.380 e. The molecule has 0 N–H and O–H groups in total. The van der Waals surface area contributed by atoms with E-state index >= 15 is 0 Å². The average Bonchev–Trinajstić information content (AvgIpc) is 2.19. The zero-order chi connectivity index (χ0) is 11.4. The van der Waals surface area contributed by atoms with E-state index in [0.717, 1.165) is 32.2 Å². The first-order valence-corrected chi connectivity index (χ1v) is 5.93. The van der Waals surface area contributed by atoms with Crippen LogP contribution in [0.3, 0.4) is 0 Å². The van der Waals surface area contributed by atoms with Crippen molar-refractivity contribution in [1.82, 2.24) is 4.90 Å². The van der Waals surface area contributed by atoms with Crippen LogP contribution in [0.25, 0.3) is 0 Å². The lowest BCUT2D eigenvalue weighted by atomic mass is 10.1. The average molecular weight is 203 g/mol. The Bertz CT molecular complexity index is 94.3. The summed E-state index contributed by atoms with van der Waals surface area (Å²) in [6.07, 6.45) is 1.18. The third-order valence-electron chi connectivity index (χ3n) is 2.00. The fraction of sp³-hybridized carbons (Fsp3) is 1.00. The number of likely N-dealkylation sites (N-methyl/N-ethyl adjacent to an activating group) is 1. The van der Waals surface area contributed by atoms with E-state index in [1.165, 1.54) is 6.42 Å². The summed E-state index contributed by atoms with van der Waals surface area (Å²) in [4.78, 5) is 2.26. The Labute approximate surface area is 90.6 Å². The molecule has 0 aromatic heterocycles. The van der Waals surface area contributed by atoms with Crippen LogP contribution in [0.15, 0.2) is 0 Å². The summed E-state index contributed by atoms with van der Waals surface area (Å²) >= 11 is 0. The third-order valence-corrected chi connectivity index (χ3v) is 2.00. The lowest BCUT2D eigenvalue weighted by molar-refractivity contribution is 0.104. The van der Waals surface area contributed by atoms with Crippen molar-refractivity contribution in [2.24, 2.45) is 5.92 Å². The van der Waals surface area contributed by atoms with E-state index in [-0.39, 0.29) is 0 Å². The van der Waals surface area contributed by atoms with E-state index < -0.39 is 0 Å². The second kappa shape index (κ2) is 12.9. The Morgan fingerprint density at radius 2 is 1.71 bits per heavy atom. The molecule has 14 heavy (non-hydrogen) atoms. The lowest BCUT2D eigenvalue weighted by Gasteiger charge is -2.13. The molecule has 0 saturated carbocycles. The van der Waals surface area contributed by atoms with Gasteiger partial charge in [0.15, 0.2) is 0 Å². The molecule has 0 radical (unpaired) electrons. The zero-order valence-electron chi connectivity index (χ0n) is 11.0. The van der Waals surface area contributed by atoms with Crippen LogP contribution in [0.5, 0.6) is 0 Å². The monoisotopic (exact) mass is 203 g/mol. The first kappa shape index (κ1) is 16.4. The van der Waals surface area contributed by atoms with Crippen LogP contribution < -0.4 is 0 Å². The Morgan fingerprint density at radius 3 is 2.14 bits per heavy atom. The molecule has 0 unspecified atom stereocenters. The first-order valence-electron chi connectivity index (χ1n) is 5.93. The number of ether oxygens (including phenoxy) is 1. The fourth-order valence-corrected chi connectivity index (χ4v) is 0.800. The van der Waals surface area contributed by atoms with Crippen LogP contribution >= 0.6 is 0 Å². The molecule has 0 amide bonds. The van der Waals surface area contributed by atoms with Crippen molar-refractivity contribution in [1.29, 1.82) is 0 Å². The molecular formula is C12H29NO. The summed E-state index contributed by atoms with van der Waals surface area (Å²) in [7, 11) is 2.12. The van der Waals surface area contributed by atoms with Crippen LogP contribution in [0.1, 0.15) is 41.0 Å². The molecular weight excluding hydrogens is 174 g/mol. The Balaban J connectivity index is 0. The van der Waals surface area contributed by atoms with Crippen LogP contribution in [0.2, 0.25) is 0 Å². The van der Waals surface area contributed by atoms with Crippen molar-refractivity contribution in [2.45, 2.75) is 41.0 Å². The van der Waals surface area contributed by atoms with E-state index in [4.69, 9.17) is 4.74 Å². The SMILES string of the molecule is CC.CCN(C)CCOCCC(C)C. The number of nitrogens with zero attached hydrogens (tertiary/aromatic N) is 1. The molecule has 0 fully saturated rings. The molecule has 2 heteroatoms. The highest BCUT2D eigenvalue weighted by atomic mass is 16.5. The van der Waals surface area contributed by atoms with Gasteiger partial charge in [-0.25, -0.2) is 0 Å². The zero-order valence-corrected chi connectivity index (χ0v) is 11.0. The van der Waals surface area contributed by atoms with Gasteiger partial charge in [0.2, 0.25) is 0 Å². The minimum Gasteiger partial charge on any atom is -0.380 e. The minimum absolute atomic E-state index is 0.758. The van der Waals surface area contributed by atoms with Crippen LogP contribution in [0, 0.1) is 5.92 Å². The maximum absolute atomic E-state index is 5.48. The van der Waals surface area contributed by atoms with E-state index in [1.54, 1.807) is 0 Å². The highest BCUT2D eigenvalue weighted by Gasteiger charge is 1.95. The van der Waals surface area contributed by atoms with E-state index in [9.17, 15) is 0 Å². The van der Waals surface area contributed by atoms with Gasteiger partial charge in [-0.2, -0.15) is 0 Å². The number of hydrogen-bond acceptors (Lipinski definition) is 2. The van der Waals surface area contributed by atoms with Crippen molar-refractivity contribution < 1.29 is 4.74 Å².